The van der Waals surface area contributed by atoms with Gasteiger partial charge in [-0.15, -0.1) is 0 Å². The van der Waals surface area contributed by atoms with Gasteiger partial charge < -0.3 is 20.5 Å². The molecule has 1 fully saturated rings. The maximum Gasteiger partial charge on any atom is 0.132 e. The average Bonchev–Trinajstić information content (AvgIpc) is 2.83. The molecular weight excluding hydrogens is 268 g/mol. The fourth-order valence-electron chi connectivity index (χ4n) is 2.34. The molecule has 0 bridgehead atoms. The molecule has 0 saturated carbocycles. The molecular formula is C15H26N4O2. The van der Waals surface area contributed by atoms with Crippen molar-refractivity contribution in [2.24, 2.45) is 0 Å². The number of nitrogens with zero attached hydrogens (tertiary/aromatic N) is 2. The molecule has 2 heterocycles. The topological polar surface area (TPSA) is 79.3 Å². The van der Waals surface area contributed by atoms with Gasteiger partial charge in [0, 0.05) is 38.6 Å². The number of hydrogen-bond acceptors (Lipinski definition) is 6. The summed E-state index contributed by atoms with van der Waals surface area (Å²) < 4.78 is 5.44. The van der Waals surface area contributed by atoms with Crippen molar-refractivity contribution in [3.8, 4) is 0 Å². The van der Waals surface area contributed by atoms with Crippen LogP contribution in [0.25, 0.3) is 0 Å². The van der Waals surface area contributed by atoms with E-state index in [1.807, 2.05) is 19.9 Å². The highest BCUT2D eigenvalue weighted by Gasteiger charge is 2.39. The summed E-state index contributed by atoms with van der Waals surface area (Å²) in [5.41, 5.74) is -0.825. The lowest BCUT2D eigenvalue weighted by Crippen LogP contribution is -2.43. The summed E-state index contributed by atoms with van der Waals surface area (Å²) in [6.45, 7) is 7.97. The quantitative estimate of drug-likeness (QED) is 0.712. The van der Waals surface area contributed by atoms with E-state index in [0.29, 0.717) is 19.6 Å². The first kappa shape index (κ1) is 16.0. The molecule has 1 aliphatic rings. The van der Waals surface area contributed by atoms with Crippen molar-refractivity contribution >= 4 is 11.6 Å². The van der Waals surface area contributed by atoms with Crippen LogP contribution in [0.2, 0.25) is 0 Å². The molecule has 2 rings (SSSR count). The van der Waals surface area contributed by atoms with Gasteiger partial charge in [0.2, 0.25) is 0 Å². The molecule has 6 nitrogen and oxygen atoms in total. The molecule has 2 atom stereocenters. The van der Waals surface area contributed by atoms with Gasteiger partial charge >= 0.3 is 0 Å². The van der Waals surface area contributed by atoms with Crippen molar-refractivity contribution in [2.45, 2.75) is 51.7 Å². The standard InChI is InChI=1S/C15H26N4O2/c1-4-7-16-13-9-14(19-12(5-2)18-13)17-10-15(20)6-8-21-11(15)3/h9,11,20H,4-8,10H2,1-3H3,(H2,16,17,18,19). The molecule has 2 unspecified atom stereocenters. The summed E-state index contributed by atoms with van der Waals surface area (Å²) >= 11 is 0. The van der Waals surface area contributed by atoms with Gasteiger partial charge in [-0.05, 0) is 13.3 Å². The fourth-order valence-corrected chi connectivity index (χ4v) is 2.34. The van der Waals surface area contributed by atoms with E-state index in [1.165, 1.54) is 0 Å². The Morgan fingerprint density at radius 1 is 1.33 bits per heavy atom. The number of aliphatic hydroxyl groups is 1. The van der Waals surface area contributed by atoms with Gasteiger partial charge in [0.15, 0.2) is 0 Å². The van der Waals surface area contributed by atoms with Crippen LogP contribution in [0.15, 0.2) is 6.07 Å². The Labute approximate surface area is 126 Å². The van der Waals surface area contributed by atoms with Gasteiger partial charge in [0.1, 0.15) is 23.1 Å². The Balaban J connectivity index is 2.04. The molecule has 1 aromatic heterocycles. The third-order valence-corrected chi connectivity index (χ3v) is 3.88. The zero-order valence-corrected chi connectivity index (χ0v) is 13.1. The van der Waals surface area contributed by atoms with Crippen LogP contribution in [0, 0.1) is 0 Å². The Morgan fingerprint density at radius 3 is 2.62 bits per heavy atom. The number of aromatic nitrogens is 2. The van der Waals surface area contributed by atoms with E-state index in [9.17, 15) is 5.11 Å². The summed E-state index contributed by atoms with van der Waals surface area (Å²) in [5.74, 6) is 2.36. The predicted octanol–water partition coefficient (Wildman–Crippen LogP) is 1.81. The number of rotatable bonds is 7. The lowest BCUT2D eigenvalue weighted by molar-refractivity contribution is -0.0176. The Morgan fingerprint density at radius 2 is 2.05 bits per heavy atom. The van der Waals surface area contributed by atoms with E-state index in [0.717, 1.165) is 36.8 Å². The van der Waals surface area contributed by atoms with Crippen molar-refractivity contribution in [3.63, 3.8) is 0 Å². The van der Waals surface area contributed by atoms with E-state index in [1.54, 1.807) is 0 Å². The van der Waals surface area contributed by atoms with Gasteiger partial charge in [-0.2, -0.15) is 0 Å². The van der Waals surface area contributed by atoms with E-state index < -0.39 is 5.60 Å². The lowest BCUT2D eigenvalue weighted by atomic mass is 9.97. The maximum atomic E-state index is 10.5. The molecule has 21 heavy (non-hydrogen) atoms. The first-order valence-corrected chi connectivity index (χ1v) is 7.77. The first-order chi connectivity index (χ1) is 10.1. The Kier molecular flexibility index (Phi) is 5.36. The summed E-state index contributed by atoms with van der Waals surface area (Å²) in [4.78, 5) is 8.91. The molecule has 3 N–H and O–H groups in total. The van der Waals surface area contributed by atoms with Crippen molar-refractivity contribution < 1.29 is 9.84 Å². The highest BCUT2D eigenvalue weighted by Crippen LogP contribution is 2.26. The molecule has 0 spiro atoms. The van der Waals surface area contributed by atoms with Gasteiger partial charge in [-0.3, -0.25) is 0 Å². The minimum atomic E-state index is -0.825. The molecule has 1 aromatic rings. The predicted molar refractivity (Wildman–Crippen MR) is 83.7 cm³/mol. The zero-order valence-electron chi connectivity index (χ0n) is 13.1. The Hall–Kier alpha value is -1.40. The molecule has 0 aliphatic carbocycles. The van der Waals surface area contributed by atoms with Crippen molar-refractivity contribution in [2.75, 3.05) is 30.3 Å². The summed E-state index contributed by atoms with van der Waals surface area (Å²) in [5, 5.41) is 17.0. The summed E-state index contributed by atoms with van der Waals surface area (Å²) in [6, 6.07) is 1.89. The monoisotopic (exact) mass is 294 g/mol. The van der Waals surface area contributed by atoms with Crippen molar-refractivity contribution in [1.29, 1.82) is 0 Å². The molecule has 6 heteroatoms. The zero-order chi connectivity index (χ0) is 15.3. The van der Waals surface area contributed by atoms with Crippen LogP contribution >= 0.6 is 0 Å². The van der Waals surface area contributed by atoms with Crippen molar-refractivity contribution in [3.05, 3.63) is 11.9 Å². The molecule has 0 radical (unpaired) electrons. The largest absolute Gasteiger partial charge is 0.385 e. The highest BCUT2D eigenvalue weighted by molar-refractivity contribution is 5.47. The number of aryl methyl sites for hydroxylation is 1. The maximum absolute atomic E-state index is 10.5. The van der Waals surface area contributed by atoms with Gasteiger partial charge in [0.05, 0.1) is 6.10 Å². The van der Waals surface area contributed by atoms with Gasteiger partial charge in [0.25, 0.3) is 0 Å². The minimum Gasteiger partial charge on any atom is -0.385 e. The van der Waals surface area contributed by atoms with Gasteiger partial charge in [-0.25, -0.2) is 9.97 Å². The van der Waals surface area contributed by atoms with Crippen LogP contribution in [0.3, 0.4) is 0 Å². The van der Waals surface area contributed by atoms with Crippen LogP contribution in [-0.4, -0.2) is 46.5 Å². The van der Waals surface area contributed by atoms with E-state index in [4.69, 9.17) is 4.74 Å². The number of ether oxygens (including phenoxy) is 1. The molecule has 1 aliphatic heterocycles. The number of hydrogen-bond donors (Lipinski definition) is 3. The SMILES string of the molecule is CCCNc1cc(NCC2(O)CCOC2C)nc(CC)n1. The second-order valence-electron chi connectivity index (χ2n) is 5.56. The summed E-state index contributed by atoms with van der Waals surface area (Å²) in [7, 11) is 0. The highest BCUT2D eigenvalue weighted by atomic mass is 16.5. The first-order valence-electron chi connectivity index (χ1n) is 7.77. The van der Waals surface area contributed by atoms with Crippen LogP contribution in [0.4, 0.5) is 11.6 Å². The fraction of sp³-hybridized carbons (Fsp3) is 0.733. The lowest BCUT2D eigenvalue weighted by Gasteiger charge is -2.26. The van der Waals surface area contributed by atoms with E-state index in [2.05, 4.69) is 27.5 Å². The molecule has 0 amide bonds. The second kappa shape index (κ2) is 7.04. The van der Waals surface area contributed by atoms with E-state index >= 15 is 0 Å². The molecule has 0 aromatic carbocycles. The van der Waals surface area contributed by atoms with Crippen LogP contribution in [0.1, 0.15) is 39.4 Å². The molecule has 118 valence electrons. The van der Waals surface area contributed by atoms with Crippen LogP contribution in [0.5, 0.6) is 0 Å². The Bertz CT molecular complexity index is 469. The average molecular weight is 294 g/mol. The smallest absolute Gasteiger partial charge is 0.132 e. The third-order valence-electron chi connectivity index (χ3n) is 3.88. The summed E-state index contributed by atoms with van der Waals surface area (Å²) in [6.07, 6.45) is 2.31. The number of anilines is 2. The van der Waals surface area contributed by atoms with Gasteiger partial charge in [-0.1, -0.05) is 13.8 Å². The second-order valence-corrected chi connectivity index (χ2v) is 5.56. The van der Waals surface area contributed by atoms with Crippen LogP contribution < -0.4 is 10.6 Å². The third kappa shape index (κ3) is 4.04. The van der Waals surface area contributed by atoms with E-state index in [-0.39, 0.29) is 6.10 Å². The molecule has 1 saturated heterocycles. The van der Waals surface area contributed by atoms with Crippen LogP contribution in [-0.2, 0) is 11.2 Å². The minimum absolute atomic E-state index is 0.157. The normalized spacial score (nSPS) is 25.0. The van der Waals surface area contributed by atoms with Crippen molar-refractivity contribution in [1.82, 2.24) is 9.97 Å². The number of nitrogens with one attached hydrogen (secondary N) is 2.